The summed E-state index contributed by atoms with van der Waals surface area (Å²) in [6.45, 7) is 0.368. The first-order valence-electron chi connectivity index (χ1n) is 9.99. The van der Waals surface area contributed by atoms with Gasteiger partial charge < -0.3 is 9.80 Å². The summed E-state index contributed by atoms with van der Waals surface area (Å²) in [4.78, 5) is 29.0. The highest BCUT2D eigenvalue weighted by molar-refractivity contribution is 8.01. The molecule has 4 nitrogen and oxygen atoms in total. The normalized spacial score (nSPS) is 19.7. The number of hydrogen-bond acceptors (Lipinski definition) is 3. The fraction of sp³-hybridized carbons (Fsp3) is 0.167. The Labute approximate surface area is 192 Å². The van der Waals surface area contributed by atoms with Gasteiger partial charge in [-0.25, -0.2) is 8.78 Å². The van der Waals surface area contributed by atoms with Gasteiger partial charge in [-0.1, -0.05) is 29.8 Å². The van der Waals surface area contributed by atoms with Gasteiger partial charge in [-0.2, -0.15) is 0 Å². The van der Waals surface area contributed by atoms with Gasteiger partial charge in [0.2, 0.25) is 0 Å². The summed E-state index contributed by atoms with van der Waals surface area (Å²) >= 11 is 7.64. The lowest BCUT2D eigenvalue weighted by Crippen LogP contribution is -2.50. The topological polar surface area (TPSA) is 40.6 Å². The van der Waals surface area contributed by atoms with Crippen molar-refractivity contribution in [1.82, 2.24) is 4.90 Å². The number of benzene rings is 3. The molecule has 1 spiro atoms. The first-order valence-corrected chi connectivity index (χ1v) is 11.3. The number of amides is 2. The minimum absolute atomic E-state index is 0.0288. The average molecular weight is 471 g/mol. The van der Waals surface area contributed by atoms with Crippen LogP contribution in [0.1, 0.15) is 21.5 Å². The maximum atomic E-state index is 14.4. The second-order valence-corrected chi connectivity index (χ2v) is 9.32. The Morgan fingerprint density at radius 3 is 2.56 bits per heavy atom. The fourth-order valence-electron chi connectivity index (χ4n) is 4.29. The molecule has 8 heteroatoms. The van der Waals surface area contributed by atoms with E-state index in [9.17, 15) is 18.4 Å². The Kier molecular flexibility index (Phi) is 5.18. The van der Waals surface area contributed by atoms with Crippen LogP contribution in [0.15, 0.2) is 66.7 Å². The third-order valence-electron chi connectivity index (χ3n) is 5.78. The molecular formula is C24H17ClF2N2O2S. The molecule has 2 heterocycles. The number of hydrogen-bond donors (Lipinski definition) is 0. The minimum atomic E-state index is -1.31. The Bertz CT molecular complexity index is 1240. The Morgan fingerprint density at radius 1 is 1.06 bits per heavy atom. The SMILES string of the molecule is O=C(c1ccc(F)cc1)N1CCS[C@@]12C(=O)N(Cc1ccccc1F)c1ccc(Cl)cc12. The van der Waals surface area contributed by atoms with Crippen LogP contribution in [-0.2, 0) is 16.2 Å². The number of anilines is 1. The predicted octanol–water partition coefficient (Wildman–Crippen LogP) is 5.21. The smallest absolute Gasteiger partial charge is 0.268 e. The largest absolute Gasteiger partial charge is 0.311 e. The van der Waals surface area contributed by atoms with E-state index in [1.54, 1.807) is 36.4 Å². The quantitative estimate of drug-likeness (QED) is 0.528. The molecule has 0 radical (unpaired) electrons. The maximum absolute atomic E-state index is 14.4. The average Bonchev–Trinajstić information content (AvgIpc) is 3.32. The van der Waals surface area contributed by atoms with Crippen LogP contribution in [-0.4, -0.2) is 29.0 Å². The Morgan fingerprint density at radius 2 is 1.81 bits per heavy atom. The number of nitrogens with zero attached hydrogens (tertiary/aromatic N) is 2. The van der Waals surface area contributed by atoms with Crippen LogP contribution in [0.5, 0.6) is 0 Å². The van der Waals surface area contributed by atoms with Crippen LogP contribution in [0.3, 0.4) is 0 Å². The summed E-state index contributed by atoms with van der Waals surface area (Å²) in [7, 11) is 0. The molecule has 2 aliphatic heterocycles. The lowest BCUT2D eigenvalue weighted by Gasteiger charge is -2.33. The maximum Gasteiger partial charge on any atom is 0.268 e. The summed E-state index contributed by atoms with van der Waals surface area (Å²) in [5.41, 5.74) is 1.86. The summed E-state index contributed by atoms with van der Waals surface area (Å²) in [6.07, 6.45) is 0. The molecule has 162 valence electrons. The highest BCUT2D eigenvalue weighted by Gasteiger charge is 2.59. The van der Waals surface area contributed by atoms with Crippen LogP contribution in [0.25, 0.3) is 0 Å². The molecule has 1 fully saturated rings. The Hall–Kier alpha value is -2.90. The van der Waals surface area contributed by atoms with E-state index in [1.807, 2.05) is 0 Å². The molecule has 5 rings (SSSR count). The third kappa shape index (κ3) is 3.19. The molecular weight excluding hydrogens is 454 g/mol. The van der Waals surface area contributed by atoms with Crippen molar-refractivity contribution >= 4 is 40.9 Å². The van der Waals surface area contributed by atoms with Crippen LogP contribution in [0, 0.1) is 11.6 Å². The molecule has 0 aromatic heterocycles. The summed E-state index contributed by atoms with van der Waals surface area (Å²) in [5.74, 6) is -1.01. The highest BCUT2D eigenvalue weighted by atomic mass is 35.5. The van der Waals surface area contributed by atoms with E-state index in [4.69, 9.17) is 11.6 Å². The molecule has 1 saturated heterocycles. The number of fused-ring (bicyclic) bond motifs is 2. The molecule has 0 unspecified atom stereocenters. The van der Waals surface area contributed by atoms with E-state index < -0.39 is 16.5 Å². The fourth-order valence-corrected chi connectivity index (χ4v) is 5.91. The van der Waals surface area contributed by atoms with Crippen LogP contribution in [0.4, 0.5) is 14.5 Å². The number of rotatable bonds is 3. The molecule has 2 aliphatic rings. The molecule has 0 N–H and O–H groups in total. The summed E-state index contributed by atoms with van der Waals surface area (Å²) < 4.78 is 27.8. The lowest BCUT2D eigenvalue weighted by atomic mass is 10.0. The van der Waals surface area contributed by atoms with E-state index in [1.165, 1.54) is 51.9 Å². The number of carbonyl (C=O) groups excluding carboxylic acids is 2. The van der Waals surface area contributed by atoms with Crippen molar-refractivity contribution in [2.75, 3.05) is 17.2 Å². The summed E-state index contributed by atoms with van der Waals surface area (Å²) in [5, 5.41) is 0.436. The van der Waals surface area contributed by atoms with Gasteiger partial charge in [0.1, 0.15) is 11.6 Å². The van der Waals surface area contributed by atoms with Gasteiger partial charge in [0.25, 0.3) is 11.8 Å². The molecule has 2 amide bonds. The van der Waals surface area contributed by atoms with Crippen molar-refractivity contribution < 1.29 is 18.4 Å². The van der Waals surface area contributed by atoms with Gasteiger partial charge in [0.15, 0.2) is 4.87 Å². The van der Waals surface area contributed by atoms with Crippen molar-refractivity contribution in [3.63, 3.8) is 0 Å². The van der Waals surface area contributed by atoms with E-state index >= 15 is 0 Å². The van der Waals surface area contributed by atoms with Gasteiger partial charge >= 0.3 is 0 Å². The lowest BCUT2D eigenvalue weighted by molar-refractivity contribution is -0.123. The van der Waals surface area contributed by atoms with E-state index in [-0.39, 0.29) is 23.9 Å². The number of thioether (sulfide) groups is 1. The van der Waals surface area contributed by atoms with Gasteiger partial charge in [-0.05, 0) is 48.5 Å². The molecule has 3 aromatic carbocycles. The predicted molar refractivity (Wildman–Crippen MR) is 121 cm³/mol. The van der Waals surface area contributed by atoms with Gasteiger partial charge in [-0.3, -0.25) is 9.59 Å². The van der Waals surface area contributed by atoms with Crippen molar-refractivity contribution in [3.05, 3.63) is 100 Å². The van der Waals surface area contributed by atoms with Crippen LogP contribution >= 0.6 is 23.4 Å². The van der Waals surface area contributed by atoms with Gasteiger partial charge in [0.05, 0.1) is 12.2 Å². The van der Waals surface area contributed by atoms with Crippen LogP contribution < -0.4 is 4.90 Å². The molecule has 1 atom stereocenters. The molecule has 3 aromatic rings. The van der Waals surface area contributed by atoms with Gasteiger partial charge in [0, 0.05) is 34.0 Å². The zero-order valence-electron chi connectivity index (χ0n) is 16.7. The Balaban J connectivity index is 1.60. The standard InChI is InChI=1S/C24H17ClF2N2O2S/c25-17-7-10-21-19(13-17)24(23(31)28(21)14-16-3-1-2-4-20(16)27)29(11-12-32-24)22(30)15-5-8-18(26)9-6-15/h1-10,13H,11-12,14H2/t24-/m0/s1. The molecule has 0 aliphatic carbocycles. The van der Waals surface area contributed by atoms with Crippen molar-refractivity contribution in [3.8, 4) is 0 Å². The molecule has 32 heavy (non-hydrogen) atoms. The number of carbonyl (C=O) groups is 2. The summed E-state index contributed by atoms with van der Waals surface area (Å²) in [6, 6.07) is 16.6. The zero-order valence-corrected chi connectivity index (χ0v) is 18.3. The highest BCUT2D eigenvalue weighted by Crippen LogP contribution is 2.55. The van der Waals surface area contributed by atoms with Gasteiger partial charge in [-0.15, -0.1) is 11.8 Å². The zero-order chi connectivity index (χ0) is 22.5. The van der Waals surface area contributed by atoms with Crippen molar-refractivity contribution in [2.24, 2.45) is 0 Å². The van der Waals surface area contributed by atoms with Crippen molar-refractivity contribution in [2.45, 2.75) is 11.4 Å². The molecule has 0 saturated carbocycles. The van der Waals surface area contributed by atoms with Crippen molar-refractivity contribution in [1.29, 1.82) is 0 Å². The monoisotopic (exact) mass is 470 g/mol. The third-order valence-corrected chi connectivity index (χ3v) is 7.43. The van der Waals surface area contributed by atoms with E-state index in [0.29, 0.717) is 34.1 Å². The van der Waals surface area contributed by atoms with E-state index in [0.717, 1.165) is 0 Å². The molecule has 0 bridgehead atoms. The minimum Gasteiger partial charge on any atom is -0.311 e. The first kappa shape index (κ1) is 21.0. The van der Waals surface area contributed by atoms with E-state index in [2.05, 4.69) is 0 Å². The second kappa shape index (κ2) is 7.90. The second-order valence-electron chi connectivity index (χ2n) is 7.60. The van der Waals surface area contributed by atoms with Crippen LogP contribution in [0.2, 0.25) is 5.02 Å². The number of halogens is 3. The first-order chi connectivity index (χ1) is 15.4.